The molecule has 3 heterocycles. The Hall–Kier alpha value is -2.67. The van der Waals surface area contributed by atoms with Crippen molar-refractivity contribution in [2.45, 2.75) is 51.7 Å². The van der Waals surface area contributed by atoms with Crippen LogP contribution in [0.25, 0.3) is 11.0 Å². The number of rotatable bonds is 5. The average Bonchev–Trinajstić information content (AvgIpc) is 3.07. The third-order valence-electron chi connectivity index (χ3n) is 5.16. The van der Waals surface area contributed by atoms with Crippen LogP contribution in [-0.4, -0.2) is 38.6 Å². The first-order valence-electron chi connectivity index (χ1n) is 9.78. The zero-order valence-corrected chi connectivity index (χ0v) is 16.6. The number of nitrogens with one attached hydrogen (secondary N) is 1. The van der Waals surface area contributed by atoms with Crippen molar-refractivity contribution in [3.8, 4) is 5.75 Å². The zero-order chi connectivity index (χ0) is 19.7. The molecule has 1 unspecified atom stereocenters. The van der Waals surface area contributed by atoms with Gasteiger partial charge in [0.05, 0.1) is 24.4 Å². The topological polar surface area (TPSA) is 82.0 Å². The van der Waals surface area contributed by atoms with Gasteiger partial charge in [0, 0.05) is 18.6 Å². The van der Waals surface area contributed by atoms with E-state index in [9.17, 15) is 4.79 Å². The van der Waals surface area contributed by atoms with Crippen LogP contribution in [0, 0.1) is 0 Å². The van der Waals surface area contributed by atoms with Crippen molar-refractivity contribution in [1.82, 2.24) is 19.7 Å². The molecule has 1 N–H and O–H groups in total. The molecular formula is C21H26N4O3. The predicted molar refractivity (Wildman–Crippen MR) is 107 cm³/mol. The van der Waals surface area contributed by atoms with Gasteiger partial charge in [-0.05, 0) is 39.7 Å². The summed E-state index contributed by atoms with van der Waals surface area (Å²) in [5.74, 6) is 1.42. The minimum atomic E-state index is -0.207. The van der Waals surface area contributed by atoms with E-state index in [2.05, 4.69) is 23.9 Å². The number of aromatic amines is 1. The maximum absolute atomic E-state index is 12.6. The minimum absolute atomic E-state index is 0.161. The number of aromatic nitrogens is 4. The van der Waals surface area contributed by atoms with E-state index in [0.717, 1.165) is 24.2 Å². The lowest BCUT2D eigenvalue weighted by Gasteiger charge is -2.35. The number of H-pyrrole nitrogens is 1. The van der Waals surface area contributed by atoms with Gasteiger partial charge in [0.15, 0.2) is 5.65 Å². The fourth-order valence-corrected chi connectivity index (χ4v) is 3.87. The largest absolute Gasteiger partial charge is 0.494 e. The molecule has 0 spiro atoms. The summed E-state index contributed by atoms with van der Waals surface area (Å²) in [6.45, 7) is 7.39. The maximum Gasteiger partial charge on any atom is 0.262 e. The second-order valence-electron chi connectivity index (χ2n) is 7.81. The Labute approximate surface area is 163 Å². The van der Waals surface area contributed by atoms with Crippen LogP contribution >= 0.6 is 0 Å². The molecule has 1 aromatic carbocycles. The summed E-state index contributed by atoms with van der Waals surface area (Å²) in [5.41, 5.74) is 1.26. The molecule has 0 aliphatic carbocycles. The summed E-state index contributed by atoms with van der Waals surface area (Å²) in [5, 5.41) is 5.01. The van der Waals surface area contributed by atoms with Crippen LogP contribution in [0.15, 0.2) is 35.3 Å². The first kappa shape index (κ1) is 18.7. The molecule has 1 aliphatic rings. The van der Waals surface area contributed by atoms with Crippen molar-refractivity contribution in [2.24, 2.45) is 0 Å². The van der Waals surface area contributed by atoms with Crippen LogP contribution in [0.1, 0.15) is 51.0 Å². The van der Waals surface area contributed by atoms with E-state index in [4.69, 9.17) is 14.5 Å². The number of nitrogens with zero attached hydrogens (tertiary/aromatic N) is 3. The number of ether oxygens (including phenoxy) is 2. The number of para-hydroxylation sites is 1. The molecule has 28 heavy (non-hydrogen) atoms. The van der Waals surface area contributed by atoms with E-state index in [1.54, 1.807) is 6.20 Å². The second-order valence-corrected chi connectivity index (χ2v) is 7.81. The quantitative estimate of drug-likeness (QED) is 0.733. The van der Waals surface area contributed by atoms with Crippen molar-refractivity contribution in [2.75, 3.05) is 13.2 Å². The Balaban J connectivity index is 1.71. The highest BCUT2D eigenvalue weighted by Crippen LogP contribution is 2.32. The lowest BCUT2D eigenvalue weighted by molar-refractivity contribution is -0.0702. The Bertz CT molecular complexity index is 1040. The van der Waals surface area contributed by atoms with Crippen molar-refractivity contribution in [3.63, 3.8) is 0 Å². The Kier molecular flexibility index (Phi) is 4.93. The molecule has 1 atom stereocenters. The van der Waals surface area contributed by atoms with E-state index in [1.807, 2.05) is 35.9 Å². The first-order valence-corrected chi connectivity index (χ1v) is 9.78. The van der Waals surface area contributed by atoms with Crippen molar-refractivity contribution >= 4 is 11.0 Å². The van der Waals surface area contributed by atoms with E-state index in [-0.39, 0.29) is 17.2 Å². The molecule has 0 bridgehead atoms. The number of benzene rings is 1. The van der Waals surface area contributed by atoms with Crippen LogP contribution in [-0.2, 0) is 11.2 Å². The second kappa shape index (κ2) is 7.39. The van der Waals surface area contributed by atoms with Gasteiger partial charge in [-0.25, -0.2) is 9.67 Å². The van der Waals surface area contributed by atoms with Crippen molar-refractivity contribution in [3.05, 3.63) is 52.2 Å². The summed E-state index contributed by atoms with van der Waals surface area (Å²) >= 11 is 0. The van der Waals surface area contributed by atoms with Crippen LogP contribution in [0.5, 0.6) is 5.75 Å². The molecule has 1 saturated heterocycles. The van der Waals surface area contributed by atoms with Crippen molar-refractivity contribution < 1.29 is 9.47 Å². The van der Waals surface area contributed by atoms with Crippen LogP contribution in [0.2, 0.25) is 0 Å². The van der Waals surface area contributed by atoms with Crippen molar-refractivity contribution in [1.29, 1.82) is 0 Å². The van der Waals surface area contributed by atoms with Gasteiger partial charge in [-0.1, -0.05) is 18.2 Å². The minimum Gasteiger partial charge on any atom is -0.494 e. The lowest BCUT2D eigenvalue weighted by Crippen LogP contribution is -2.35. The predicted octanol–water partition coefficient (Wildman–Crippen LogP) is 3.24. The first-order chi connectivity index (χ1) is 13.5. The summed E-state index contributed by atoms with van der Waals surface area (Å²) in [4.78, 5) is 20.3. The van der Waals surface area contributed by atoms with E-state index < -0.39 is 0 Å². The highest BCUT2D eigenvalue weighted by Gasteiger charge is 2.31. The maximum atomic E-state index is 12.6. The molecule has 0 amide bonds. The molecule has 148 valence electrons. The fraction of sp³-hybridized carbons (Fsp3) is 0.476. The average molecular weight is 382 g/mol. The third-order valence-corrected chi connectivity index (χ3v) is 5.16. The van der Waals surface area contributed by atoms with Crippen LogP contribution < -0.4 is 10.3 Å². The molecule has 0 radical (unpaired) electrons. The van der Waals surface area contributed by atoms with Gasteiger partial charge in [-0.3, -0.25) is 4.79 Å². The van der Waals surface area contributed by atoms with Gasteiger partial charge in [0.2, 0.25) is 0 Å². The van der Waals surface area contributed by atoms with E-state index in [1.165, 1.54) is 0 Å². The van der Waals surface area contributed by atoms with E-state index in [0.29, 0.717) is 36.5 Å². The van der Waals surface area contributed by atoms with Gasteiger partial charge in [0.25, 0.3) is 5.56 Å². The lowest BCUT2D eigenvalue weighted by atomic mass is 9.94. The summed E-state index contributed by atoms with van der Waals surface area (Å²) < 4.78 is 13.4. The third kappa shape index (κ3) is 3.67. The number of fused-ring (bicyclic) bond motifs is 1. The van der Waals surface area contributed by atoms with Gasteiger partial charge in [-0.15, -0.1) is 0 Å². The molecule has 2 aromatic heterocycles. The summed E-state index contributed by atoms with van der Waals surface area (Å²) in [6.07, 6.45) is 3.80. The van der Waals surface area contributed by atoms with Crippen LogP contribution in [0.3, 0.4) is 0 Å². The molecule has 0 saturated carbocycles. The summed E-state index contributed by atoms with van der Waals surface area (Å²) in [7, 11) is 0. The van der Waals surface area contributed by atoms with Crippen LogP contribution in [0.4, 0.5) is 0 Å². The SMILES string of the molecule is CCOc1ccccc1Cc1nc2c(cnn2C2CCOC(C)(C)C2)c(=O)[nH]1. The molecule has 1 aliphatic heterocycles. The fourth-order valence-electron chi connectivity index (χ4n) is 3.87. The molecule has 4 rings (SSSR count). The smallest absolute Gasteiger partial charge is 0.262 e. The highest BCUT2D eigenvalue weighted by atomic mass is 16.5. The number of hydrogen-bond donors (Lipinski definition) is 1. The van der Waals surface area contributed by atoms with Gasteiger partial charge >= 0.3 is 0 Å². The van der Waals surface area contributed by atoms with E-state index >= 15 is 0 Å². The Morgan fingerprint density at radius 2 is 2.18 bits per heavy atom. The Morgan fingerprint density at radius 3 is 2.96 bits per heavy atom. The Morgan fingerprint density at radius 1 is 1.36 bits per heavy atom. The highest BCUT2D eigenvalue weighted by molar-refractivity contribution is 5.73. The molecular weight excluding hydrogens is 356 g/mol. The normalized spacial score (nSPS) is 19.0. The monoisotopic (exact) mass is 382 g/mol. The summed E-state index contributed by atoms with van der Waals surface area (Å²) in [6, 6.07) is 8.00. The standard InChI is InChI=1S/C21H26N4O3/c1-4-27-17-8-6-5-7-14(17)11-18-23-19-16(20(26)24-18)13-22-25(19)15-9-10-28-21(2,3)12-15/h5-8,13,15H,4,9-12H2,1-3H3,(H,23,24,26). The zero-order valence-electron chi connectivity index (χ0n) is 16.6. The molecule has 7 heteroatoms. The molecule has 7 nitrogen and oxygen atoms in total. The molecule has 1 fully saturated rings. The van der Waals surface area contributed by atoms with Gasteiger partial charge < -0.3 is 14.5 Å². The van der Waals surface area contributed by atoms with Gasteiger partial charge in [0.1, 0.15) is 17.0 Å². The van der Waals surface area contributed by atoms with Gasteiger partial charge in [-0.2, -0.15) is 5.10 Å². The molecule has 3 aromatic rings. The number of hydrogen-bond acceptors (Lipinski definition) is 5.